The van der Waals surface area contributed by atoms with Crippen LogP contribution >= 0.6 is 0 Å². The highest BCUT2D eigenvalue weighted by Gasteiger charge is 2.20. The molecule has 0 bridgehead atoms. The SMILES string of the molecule is Cc1cc(C)c(S(=O)(=O)O)c(C)c1[SiH2]C(C)C. The van der Waals surface area contributed by atoms with Crippen molar-refractivity contribution >= 4 is 24.8 Å². The molecule has 0 heterocycles. The van der Waals surface area contributed by atoms with Crippen LogP contribution in [-0.2, 0) is 10.1 Å². The summed E-state index contributed by atoms with van der Waals surface area (Å²) in [7, 11) is -4.62. The fourth-order valence-corrected chi connectivity index (χ4v) is 5.15. The zero-order chi connectivity index (χ0) is 13.4. The largest absolute Gasteiger partial charge is 0.295 e. The number of aryl methyl sites for hydroxylation is 2. The fraction of sp³-hybridized carbons (Fsp3) is 0.500. The van der Waals surface area contributed by atoms with Crippen LogP contribution in [0.3, 0.4) is 0 Å². The van der Waals surface area contributed by atoms with Crippen LogP contribution < -0.4 is 5.19 Å². The van der Waals surface area contributed by atoms with Gasteiger partial charge in [0.15, 0.2) is 0 Å². The molecule has 17 heavy (non-hydrogen) atoms. The van der Waals surface area contributed by atoms with Crippen molar-refractivity contribution in [1.29, 1.82) is 0 Å². The molecule has 0 aliphatic carbocycles. The summed E-state index contributed by atoms with van der Waals surface area (Å²) in [6, 6.07) is 1.86. The first-order chi connectivity index (χ1) is 7.64. The molecule has 0 fully saturated rings. The van der Waals surface area contributed by atoms with Crippen molar-refractivity contribution in [2.24, 2.45) is 0 Å². The van der Waals surface area contributed by atoms with Crippen LogP contribution in [0.5, 0.6) is 0 Å². The van der Waals surface area contributed by atoms with Crippen LogP contribution in [0.2, 0.25) is 5.54 Å². The Balaban J connectivity index is 3.55. The summed E-state index contributed by atoms with van der Waals surface area (Å²) in [5.74, 6) is 0. The molecule has 0 amide bonds. The summed E-state index contributed by atoms with van der Waals surface area (Å²) in [5, 5.41) is 1.17. The Kier molecular flexibility index (Phi) is 4.17. The first kappa shape index (κ1) is 14.4. The molecule has 1 aromatic carbocycles. The van der Waals surface area contributed by atoms with E-state index in [1.807, 2.05) is 13.0 Å². The van der Waals surface area contributed by atoms with E-state index in [0.717, 1.165) is 11.1 Å². The summed E-state index contributed by atoms with van der Waals surface area (Å²) in [6.45, 7) is 9.84. The van der Waals surface area contributed by atoms with Gasteiger partial charge < -0.3 is 0 Å². The molecular formula is C12H20O3SSi. The molecule has 0 atom stereocenters. The Hall–Kier alpha value is -0.653. The van der Waals surface area contributed by atoms with Crippen LogP contribution in [0, 0.1) is 20.8 Å². The van der Waals surface area contributed by atoms with Crippen molar-refractivity contribution in [3.8, 4) is 0 Å². The summed E-state index contributed by atoms with van der Waals surface area (Å²) in [5.41, 5.74) is 3.10. The van der Waals surface area contributed by atoms with Crippen LogP contribution in [0.4, 0.5) is 0 Å². The van der Waals surface area contributed by atoms with Gasteiger partial charge in [0.05, 0.1) is 14.4 Å². The predicted molar refractivity (Wildman–Crippen MR) is 73.7 cm³/mol. The molecule has 0 radical (unpaired) electrons. The maximum Gasteiger partial charge on any atom is 0.295 e. The molecule has 0 saturated heterocycles. The van der Waals surface area contributed by atoms with E-state index in [0.29, 0.717) is 11.1 Å². The maximum absolute atomic E-state index is 11.4. The van der Waals surface area contributed by atoms with Crippen molar-refractivity contribution in [3.05, 3.63) is 22.8 Å². The molecule has 3 nitrogen and oxygen atoms in total. The third kappa shape index (κ3) is 3.17. The lowest BCUT2D eigenvalue weighted by atomic mass is 10.1. The monoisotopic (exact) mass is 272 g/mol. The highest BCUT2D eigenvalue weighted by molar-refractivity contribution is 7.86. The molecule has 0 aliphatic heterocycles. The average Bonchev–Trinajstić information content (AvgIpc) is 2.08. The van der Waals surface area contributed by atoms with Crippen molar-refractivity contribution < 1.29 is 13.0 Å². The number of benzene rings is 1. The van der Waals surface area contributed by atoms with E-state index in [1.165, 1.54) is 5.19 Å². The standard InChI is InChI=1S/C12H20O3SSi/c1-7(2)17-12-9(4)6-8(3)11(10(12)5)16(13,14)15/h6-7H,17H2,1-5H3,(H,13,14,15). The minimum Gasteiger partial charge on any atom is -0.282 e. The Bertz CT molecular complexity index is 533. The van der Waals surface area contributed by atoms with E-state index in [2.05, 4.69) is 13.8 Å². The van der Waals surface area contributed by atoms with Gasteiger partial charge in [-0.25, -0.2) is 0 Å². The third-order valence-electron chi connectivity index (χ3n) is 2.93. The average molecular weight is 272 g/mol. The molecule has 96 valence electrons. The van der Waals surface area contributed by atoms with Crippen LogP contribution in [-0.4, -0.2) is 22.5 Å². The molecule has 5 heteroatoms. The van der Waals surface area contributed by atoms with E-state index in [9.17, 15) is 13.0 Å². The molecule has 1 rings (SSSR count). The van der Waals surface area contributed by atoms with Gasteiger partial charge in [0.2, 0.25) is 0 Å². The summed E-state index contributed by atoms with van der Waals surface area (Å²) in [6.07, 6.45) is 0. The Morgan fingerprint density at radius 3 is 2.12 bits per heavy atom. The molecule has 0 spiro atoms. The Morgan fingerprint density at radius 2 is 1.71 bits per heavy atom. The van der Waals surface area contributed by atoms with E-state index in [4.69, 9.17) is 0 Å². The quantitative estimate of drug-likeness (QED) is 0.670. The molecule has 0 unspecified atom stereocenters. The van der Waals surface area contributed by atoms with Crippen molar-refractivity contribution in [2.45, 2.75) is 45.1 Å². The lowest BCUT2D eigenvalue weighted by molar-refractivity contribution is 0.482. The van der Waals surface area contributed by atoms with Gasteiger partial charge in [0, 0.05) is 0 Å². The molecule has 1 N–H and O–H groups in total. The van der Waals surface area contributed by atoms with Gasteiger partial charge in [-0.05, 0) is 31.9 Å². The second-order valence-electron chi connectivity index (χ2n) is 5.02. The summed E-state index contributed by atoms with van der Waals surface area (Å²) in [4.78, 5) is 0.103. The fourth-order valence-electron chi connectivity index (χ4n) is 2.33. The number of hydrogen-bond acceptors (Lipinski definition) is 2. The van der Waals surface area contributed by atoms with Gasteiger partial charge in [0.1, 0.15) is 0 Å². The molecule has 1 aromatic rings. The Morgan fingerprint density at radius 1 is 1.18 bits per heavy atom. The highest BCUT2D eigenvalue weighted by atomic mass is 32.2. The number of rotatable bonds is 3. The van der Waals surface area contributed by atoms with E-state index < -0.39 is 19.6 Å². The summed E-state index contributed by atoms with van der Waals surface area (Å²) >= 11 is 0. The van der Waals surface area contributed by atoms with E-state index in [1.54, 1.807) is 13.8 Å². The van der Waals surface area contributed by atoms with E-state index in [-0.39, 0.29) is 4.90 Å². The van der Waals surface area contributed by atoms with E-state index >= 15 is 0 Å². The van der Waals surface area contributed by atoms with Crippen LogP contribution in [0.15, 0.2) is 11.0 Å². The zero-order valence-electron chi connectivity index (χ0n) is 11.0. The third-order valence-corrected chi connectivity index (χ3v) is 6.39. The molecule has 0 saturated carbocycles. The summed E-state index contributed by atoms with van der Waals surface area (Å²) < 4.78 is 32.1. The van der Waals surface area contributed by atoms with Gasteiger partial charge in [-0.15, -0.1) is 0 Å². The van der Waals surface area contributed by atoms with Crippen molar-refractivity contribution in [2.75, 3.05) is 0 Å². The minimum absolute atomic E-state index is 0.103. The second-order valence-corrected chi connectivity index (χ2v) is 9.12. The van der Waals surface area contributed by atoms with Gasteiger partial charge in [0.25, 0.3) is 10.1 Å². The maximum atomic E-state index is 11.4. The van der Waals surface area contributed by atoms with Crippen LogP contribution in [0.25, 0.3) is 0 Å². The van der Waals surface area contributed by atoms with Crippen molar-refractivity contribution in [3.63, 3.8) is 0 Å². The van der Waals surface area contributed by atoms with Crippen LogP contribution in [0.1, 0.15) is 30.5 Å². The first-order valence-corrected chi connectivity index (χ1v) is 8.68. The topological polar surface area (TPSA) is 54.4 Å². The van der Waals surface area contributed by atoms with Gasteiger partial charge in [-0.1, -0.05) is 36.2 Å². The lowest BCUT2D eigenvalue weighted by Gasteiger charge is -2.16. The number of hydrogen-bond donors (Lipinski definition) is 1. The molecule has 0 aromatic heterocycles. The minimum atomic E-state index is -4.12. The lowest BCUT2D eigenvalue weighted by Crippen LogP contribution is -2.26. The van der Waals surface area contributed by atoms with Gasteiger partial charge in [-0.2, -0.15) is 8.42 Å². The highest BCUT2D eigenvalue weighted by Crippen LogP contribution is 2.20. The zero-order valence-corrected chi connectivity index (χ0v) is 13.3. The van der Waals surface area contributed by atoms with Gasteiger partial charge in [-0.3, -0.25) is 4.55 Å². The normalized spacial score (nSPS) is 12.9. The van der Waals surface area contributed by atoms with Gasteiger partial charge >= 0.3 is 0 Å². The second kappa shape index (κ2) is 4.92. The molecule has 0 aliphatic rings. The first-order valence-electron chi connectivity index (χ1n) is 5.71. The smallest absolute Gasteiger partial charge is 0.282 e. The predicted octanol–water partition coefficient (Wildman–Crippen LogP) is 1.48. The molecular weight excluding hydrogens is 252 g/mol. The van der Waals surface area contributed by atoms with Crippen molar-refractivity contribution in [1.82, 2.24) is 0 Å². The Labute approximate surface area is 106 Å².